The molecule has 3 aromatic carbocycles. The van der Waals surface area contributed by atoms with Crippen molar-refractivity contribution >= 4 is 71.4 Å². The first-order chi connectivity index (χ1) is 15.3. The molecule has 0 fully saturated rings. The molecule has 3 aromatic rings. The zero-order valence-electron chi connectivity index (χ0n) is 16.7. The number of rotatable bonds is 5. The number of anilines is 1. The minimum absolute atomic E-state index is 0.0658. The molecule has 0 atom stereocenters. The van der Waals surface area contributed by atoms with Crippen molar-refractivity contribution in [3.05, 3.63) is 96.3 Å². The Labute approximate surface area is 210 Å². The Kier molecular flexibility index (Phi) is 8.02. The number of benzene rings is 3. The fraction of sp³-hybridized carbons (Fsp3) is 0.0417. The van der Waals surface area contributed by atoms with Crippen molar-refractivity contribution in [1.82, 2.24) is 0 Å². The van der Waals surface area contributed by atoms with Crippen LogP contribution in [0.3, 0.4) is 0 Å². The summed E-state index contributed by atoms with van der Waals surface area (Å²) in [5.41, 5.74) is 2.52. The number of carbonyl (C=O) groups excluding carboxylic acids is 2. The fourth-order valence-electron chi connectivity index (χ4n) is 2.70. The van der Waals surface area contributed by atoms with Gasteiger partial charge in [0.25, 0.3) is 5.91 Å². The minimum atomic E-state index is -0.538. The van der Waals surface area contributed by atoms with E-state index >= 15 is 0 Å². The molecule has 0 bridgehead atoms. The summed E-state index contributed by atoms with van der Waals surface area (Å²) in [6.45, 7) is 1.93. The molecular weight excluding hydrogens is 604 g/mol. The topological polar surface area (TPSA) is 79.2 Å². The average Bonchev–Trinajstić information content (AvgIpc) is 2.76. The Hall–Kier alpha value is -2.73. The molecule has 0 radical (unpaired) electrons. The number of ether oxygens (including phenoxy) is 1. The quantitative estimate of drug-likeness (QED) is 0.144. The second kappa shape index (κ2) is 10.7. The molecule has 0 aromatic heterocycles. The molecule has 0 aliphatic rings. The van der Waals surface area contributed by atoms with Crippen molar-refractivity contribution in [2.45, 2.75) is 6.92 Å². The van der Waals surface area contributed by atoms with Gasteiger partial charge in [0, 0.05) is 13.4 Å². The molecule has 0 saturated carbocycles. The number of hydrogen-bond acceptors (Lipinski definition) is 4. The van der Waals surface area contributed by atoms with Gasteiger partial charge < -0.3 is 10.1 Å². The smallest absolute Gasteiger partial charge is 0.343 e. The summed E-state index contributed by atoms with van der Waals surface area (Å²) in [5, 5.41) is 12.2. The Balaban J connectivity index is 1.72. The molecule has 0 aliphatic heterocycles. The normalized spacial score (nSPS) is 10.9. The lowest BCUT2D eigenvalue weighted by Crippen LogP contribution is -2.14. The first-order valence-corrected chi connectivity index (χ1v) is 11.6. The van der Waals surface area contributed by atoms with Gasteiger partial charge in [-0.25, -0.2) is 4.79 Å². The summed E-state index contributed by atoms with van der Waals surface area (Å²) in [4.78, 5) is 24.8. The van der Waals surface area contributed by atoms with Gasteiger partial charge in [-0.3, -0.25) is 4.79 Å². The molecule has 5 nitrogen and oxygen atoms in total. The van der Waals surface area contributed by atoms with Gasteiger partial charge in [0.05, 0.1) is 11.3 Å². The highest BCUT2D eigenvalue weighted by Gasteiger charge is 2.14. The lowest BCUT2D eigenvalue weighted by Gasteiger charge is -2.10. The van der Waals surface area contributed by atoms with E-state index in [9.17, 15) is 14.9 Å². The van der Waals surface area contributed by atoms with E-state index in [0.717, 1.165) is 10.0 Å². The third kappa shape index (κ3) is 6.16. The van der Waals surface area contributed by atoms with Gasteiger partial charge in [-0.05, 0) is 105 Å². The molecular formula is C24H15Br3N2O3. The molecule has 0 unspecified atom stereocenters. The summed E-state index contributed by atoms with van der Waals surface area (Å²) < 4.78 is 7.63. The molecule has 32 heavy (non-hydrogen) atoms. The second-order valence-corrected chi connectivity index (χ2v) is 9.32. The van der Waals surface area contributed by atoms with Gasteiger partial charge in [0.15, 0.2) is 0 Å². The van der Waals surface area contributed by atoms with E-state index in [1.165, 1.54) is 6.08 Å². The van der Waals surface area contributed by atoms with Crippen LogP contribution in [0.5, 0.6) is 5.75 Å². The van der Waals surface area contributed by atoms with Crippen LogP contribution in [0.2, 0.25) is 0 Å². The summed E-state index contributed by atoms with van der Waals surface area (Å²) in [6.07, 6.45) is 1.46. The number of nitriles is 1. The van der Waals surface area contributed by atoms with Crippen molar-refractivity contribution in [2.24, 2.45) is 0 Å². The molecule has 8 heteroatoms. The average molecular weight is 619 g/mol. The van der Waals surface area contributed by atoms with Gasteiger partial charge in [0.1, 0.15) is 17.4 Å². The number of aryl methyl sites for hydroxylation is 1. The Morgan fingerprint density at radius 3 is 2.12 bits per heavy atom. The lowest BCUT2D eigenvalue weighted by atomic mass is 10.1. The van der Waals surface area contributed by atoms with E-state index in [4.69, 9.17) is 4.74 Å². The lowest BCUT2D eigenvalue weighted by molar-refractivity contribution is -0.112. The van der Waals surface area contributed by atoms with E-state index in [-0.39, 0.29) is 5.57 Å². The number of hydrogen-bond donors (Lipinski definition) is 1. The third-order valence-corrected chi connectivity index (χ3v) is 6.05. The van der Waals surface area contributed by atoms with Crippen LogP contribution in [0.4, 0.5) is 5.69 Å². The summed E-state index contributed by atoms with van der Waals surface area (Å²) in [7, 11) is 0. The molecule has 0 heterocycles. The number of esters is 1. The summed E-state index contributed by atoms with van der Waals surface area (Å²) >= 11 is 10.2. The third-order valence-electron chi connectivity index (χ3n) is 4.27. The molecule has 3 rings (SSSR count). The standard InChI is InChI=1S/C24H15Br3N2O3/c1-14-10-20(26)22(21(27)11-14)29-23(30)17(13-28)12-15-2-8-19(9-3-15)32-24(31)16-4-6-18(25)7-5-16/h2-12H,1H3,(H,29,30)/b17-12+. The van der Waals surface area contributed by atoms with E-state index < -0.39 is 11.9 Å². The van der Waals surface area contributed by atoms with Crippen molar-refractivity contribution < 1.29 is 14.3 Å². The SMILES string of the molecule is Cc1cc(Br)c(NC(=O)/C(C#N)=C/c2ccc(OC(=O)c3ccc(Br)cc3)cc2)c(Br)c1. The maximum Gasteiger partial charge on any atom is 0.343 e. The van der Waals surface area contributed by atoms with Crippen molar-refractivity contribution in [3.63, 3.8) is 0 Å². The maximum atomic E-state index is 12.6. The van der Waals surface area contributed by atoms with Crippen LogP contribution in [-0.4, -0.2) is 11.9 Å². The molecule has 1 amide bonds. The maximum absolute atomic E-state index is 12.6. The Bertz CT molecular complexity index is 1220. The molecule has 0 spiro atoms. The predicted octanol–water partition coefficient (Wildman–Crippen LogP) is 7.05. The number of halogens is 3. The van der Waals surface area contributed by atoms with Crippen LogP contribution < -0.4 is 10.1 Å². The highest BCUT2D eigenvalue weighted by molar-refractivity contribution is 9.11. The van der Waals surface area contributed by atoms with E-state index in [2.05, 4.69) is 53.1 Å². The van der Waals surface area contributed by atoms with Crippen LogP contribution in [0.25, 0.3) is 6.08 Å². The van der Waals surface area contributed by atoms with E-state index in [1.54, 1.807) is 48.5 Å². The van der Waals surface area contributed by atoms with Crippen LogP contribution >= 0.6 is 47.8 Å². The highest BCUT2D eigenvalue weighted by atomic mass is 79.9. The summed E-state index contributed by atoms with van der Waals surface area (Å²) in [6, 6.07) is 19.0. The van der Waals surface area contributed by atoms with Crippen molar-refractivity contribution in [3.8, 4) is 11.8 Å². The van der Waals surface area contributed by atoms with Gasteiger partial charge in [-0.1, -0.05) is 28.1 Å². The minimum Gasteiger partial charge on any atom is -0.423 e. The van der Waals surface area contributed by atoms with E-state index in [1.807, 2.05) is 25.1 Å². The monoisotopic (exact) mass is 616 g/mol. The zero-order valence-corrected chi connectivity index (χ0v) is 21.4. The van der Waals surface area contributed by atoms with E-state index in [0.29, 0.717) is 31.5 Å². The zero-order chi connectivity index (χ0) is 23.3. The van der Waals surface area contributed by atoms with Gasteiger partial charge in [0.2, 0.25) is 0 Å². The number of nitrogens with zero attached hydrogens (tertiary/aromatic N) is 1. The van der Waals surface area contributed by atoms with Gasteiger partial charge >= 0.3 is 5.97 Å². The molecule has 0 saturated heterocycles. The Morgan fingerprint density at radius 1 is 0.969 bits per heavy atom. The van der Waals surface area contributed by atoms with Crippen LogP contribution in [0, 0.1) is 18.3 Å². The predicted molar refractivity (Wildman–Crippen MR) is 134 cm³/mol. The van der Waals surface area contributed by atoms with Crippen LogP contribution in [0.1, 0.15) is 21.5 Å². The van der Waals surface area contributed by atoms with Gasteiger partial charge in [-0.2, -0.15) is 5.26 Å². The van der Waals surface area contributed by atoms with Crippen LogP contribution in [0.15, 0.2) is 79.7 Å². The van der Waals surface area contributed by atoms with Crippen molar-refractivity contribution in [2.75, 3.05) is 5.32 Å². The summed E-state index contributed by atoms with van der Waals surface area (Å²) in [5.74, 6) is -0.666. The first kappa shape index (κ1) is 23.9. The van der Waals surface area contributed by atoms with Crippen molar-refractivity contribution in [1.29, 1.82) is 5.26 Å². The number of amides is 1. The molecule has 160 valence electrons. The molecule has 1 N–H and O–H groups in total. The van der Waals surface area contributed by atoms with Gasteiger partial charge in [-0.15, -0.1) is 0 Å². The van der Waals surface area contributed by atoms with Crippen LogP contribution in [-0.2, 0) is 4.79 Å². The molecule has 0 aliphatic carbocycles. The first-order valence-electron chi connectivity index (χ1n) is 9.23. The second-order valence-electron chi connectivity index (χ2n) is 6.69. The highest BCUT2D eigenvalue weighted by Crippen LogP contribution is 2.32. The largest absolute Gasteiger partial charge is 0.423 e. The number of nitrogens with one attached hydrogen (secondary N) is 1. The number of carbonyl (C=O) groups is 2. The fourth-order valence-corrected chi connectivity index (χ4v) is 4.58. The Morgan fingerprint density at radius 2 is 1.56 bits per heavy atom.